The molecule has 1 fully saturated rings. The number of carbonyl (C=O) groups excluding carboxylic acids is 3. The van der Waals surface area contributed by atoms with Crippen LogP contribution in [0, 0.1) is 11.3 Å². The Morgan fingerprint density at radius 3 is 2.50 bits per heavy atom. The van der Waals surface area contributed by atoms with Crippen molar-refractivity contribution >= 4 is 17.7 Å². The second kappa shape index (κ2) is 6.18. The number of rotatable bonds is 3. The van der Waals surface area contributed by atoms with E-state index < -0.39 is 41.6 Å². The minimum Gasteiger partial charge on any atom is -0.468 e. The van der Waals surface area contributed by atoms with Crippen LogP contribution in [0.15, 0.2) is 12.2 Å². The van der Waals surface area contributed by atoms with Crippen LogP contribution in [0.2, 0.25) is 0 Å². The highest BCUT2D eigenvalue weighted by Crippen LogP contribution is 2.50. The van der Waals surface area contributed by atoms with Crippen molar-refractivity contribution in [1.82, 2.24) is 0 Å². The van der Waals surface area contributed by atoms with Crippen LogP contribution in [-0.2, 0) is 28.6 Å². The lowest BCUT2D eigenvalue weighted by molar-refractivity contribution is -0.203. The number of methoxy groups -OCH3 is 2. The Hall–Kier alpha value is -1.73. The summed E-state index contributed by atoms with van der Waals surface area (Å²) in [4.78, 5) is 35.9. The third-order valence-corrected chi connectivity index (χ3v) is 4.49. The van der Waals surface area contributed by atoms with E-state index in [1.165, 1.54) is 33.3 Å². The number of carbonyl (C=O) groups is 3. The molecule has 0 aromatic rings. The SMILES string of the molecule is COC(=O)[C@]12[C@@H](OC)CC(=O)C[C@H]1[C@@H](O)C=C[C@H]2OC(C)=O. The molecule has 2 aliphatic rings. The Morgan fingerprint density at radius 1 is 1.27 bits per heavy atom. The molecule has 0 aromatic heterocycles. The predicted molar refractivity (Wildman–Crippen MR) is 73.7 cm³/mol. The third kappa shape index (κ3) is 2.44. The molecule has 0 aromatic carbocycles. The first-order chi connectivity index (χ1) is 10.4. The average molecular weight is 312 g/mol. The molecule has 0 amide bonds. The third-order valence-electron chi connectivity index (χ3n) is 4.49. The zero-order valence-corrected chi connectivity index (χ0v) is 12.8. The second-order valence-electron chi connectivity index (χ2n) is 5.61. The number of aliphatic hydroxyl groups excluding tert-OH is 1. The van der Waals surface area contributed by atoms with Crippen LogP contribution >= 0.6 is 0 Å². The number of hydrogen-bond acceptors (Lipinski definition) is 7. The summed E-state index contributed by atoms with van der Waals surface area (Å²) in [5, 5.41) is 10.3. The second-order valence-corrected chi connectivity index (χ2v) is 5.61. The van der Waals surface area contributed by atoms with E-state index >= 15 is 0 Å². The van der Waals surface area contributed by atoms with Gasteiger partial charge in [0.05, 0.1) is 19.3 Å². The van der Waals surface area contributed by atoms with Crippen LogP contribution < -0.4 is 0 Å². The van der Waals surface area contributed by atoms with Gasteiger partial charge in [-0.3, -0.25) is 14.4 Å². The van der Waals surface area contributed by atoms with Crippen molar-refractivity contribution in [3.05, 3.63) is 12.2 Å². The number of ether oxygens (including phenoxy) is 3. The van der Waals surface area contributed by atoms with Gasteiger partial charge < -0.3 is 19.3 Å². The molecule has 22 heavy (non-hydrogen) atoms. The first kappa shape index (κ1) is 16.6. The van der Waals surface area contributed by atoms with E-state index in [1.54, 1.807) is 0 Å². The Morgan fingerprint density at radius 2 is 1.95 bits per heavy atom. The summed E-state index contributed by atoms with van der Waals surface area (Å²) in [6.45, 7) is 1.23. The Balaban J connectivity index is 2.60. The van der Waals surface area contributed by atoms with Crippen LogP contribution in [0.5, 0.6) is 0 Å². The highest BCUT2D eigenvalue weighted by Gasteiger charge is 2.64. The van der Waals surface area contributed by atoms with E-state index in [-0.39, 0.29) is 18.6 Å². The smallest absolute Gasteiger partial charge is 0.319 e. The molecule has 0 bridgehead atoms. The van der Waals surface area contributed by atoms with E-state index in [1.807, 2.05) is 0 Å². The van der Waals surface area contributed by atoms with Gasteiger partial charge in [0.25, 0.3) is 0 Å². The van der Waals surface area contributed by atoms with Gasteiger partial charge in [0.2, 0.25) is 0 Å². The maximum Gasteiger partial charge on any atom is 0.319 e. The normalized spacial score (nSPS) is 37.4. The van der Waals surface area contributed by atoms with Gasteiger partial charge in [-0.2, -0.15) is 0 Å². The molecule has 0 aliphatic heterocycles. The van der Waals surface area contributed by atoms with Gasteiger partial charge in [0.15, 0.2) is 0 Å². The quantitative estimate of drug-likeness (QED) is 0.578. The molecule has 0 unspecified atom stereocenters. The van der Waals surface area contributed by atoms with Gasteiger partial charge in [0.1, 0.15) is 17.3 Å². The number of esters is 2. The molecule has 1 N–H and O–H groups in total. The summed E-state index contributed by atoms with van der Waals surface area (Å²) < 4.78 is 15.5. The fourth-order valence-electron chi connectivity index (χ4n) is 3.59. The Labute approximate surface area is 128 Å². The number of hydrogen-bond donors (Lipinski definition) is 1. The van der Waals surface area contributed by atoms with E-state index in [0.29, 0.717) is 0 Å². The summed E-state index contributed by atoms with van der Waals surface area (Å²) in [7, 11) is 2.59. The largest absolute Gasteiger partial charge is 0.468 e. The molecule has 0 spiro atoms. The van der Waals surface area contributed by atoms with Crippen molar-refractivity contribution in [2.75, 3.05) is 14.2 Å². The van der Waals surface area contributed by atoms with Crippen LogP contribution in [0.25, 0.3) is 0 Å². The van der Waals surface area contributed by atoms with E-state index in [4.69, 9.17) is 14.2 Å². The molecule has 0 saturated heterocycles. The van der Waals surface area contributed by atoms with Crippen LogP contribution in [0.1, 0.15) is 19.8 Å². The number of fused-ring (bicyclic) bond motifs is 1. The van der Waals surface area contributed by atoms with Crippen LogP contribution in [0.4, 0.5) is 0 Å². The zero-order valence-electron chi connectivity index (χ0n) is 12.8. The Kier molecular flexibility index (Phi) is 4.67. The summed E-state index contributed by atoms with van der Waals surface area (Å²) in [5.41, 5.74) is -1.43. The number of Topliss-reactive ketones (excluding diaryl/α,β-unsaturated/α-hetero) is 1. The first-order valence-corrected chi connectivity index (χ1v) is 7.04. The van der Waals surface area contributed by atoms with Crippen molar-refractivity contribution in [3.63, 3.8) is 0 Å². The van der Waals surface area contributed by atoms with Gasteiger partial charge in [-0.1, -0.05) is 6.08 Å². The molecule has 7 nitrogen and oxygen atoms in total. The molecule has 5 atom stereocenters. The highest BCUT2D eigenvalue weighted by atomic mass is 16.6. The fraction of sp³-hybridized carbons (Fsp3) is 0.667. The molecule has 1 saturated carbocycles. The van der Waals surface area contributed by atoms with Crippen molar-refractivity contribution in [3.8, 4) is 0 Å². The summed E-state index contributed by atoms with van der Waals surface area (Å²) in [5.74, 6) is -2.11. The lowest BCUT2D eigenvalue weighted by Crippen LogP contribution is -2.64. The molecule has 2 aliphatic carbocycles. The maximum absolute atomic E-state index is 12.6. The van der Waals surface area contributed by atoms with Gasteiger partial charge in [-0.25, -0.2) is 0 Å². The first-order valence-electron chi connectivity index (χ1n) is 7.04. The highest BCUT2D eigenvalue weighted by molar-refractivity contribution is 5.88. The summed E-state index contributed by atoms with van der Waals surface area (Å²) in [6.07, 6.45) is 0.0805. The minimum atomic E-state index is -1.43. The van der Waals surface area contributed by atoms with Gasteiger partial charge >= 0.3 is 11.9 Å². The van der Waals surface area contributed by atoms with Crippen LogP contribution in [-0.4, -0.2) is 55.4 Å². The van der Waals surface area contributed by atoms with E-state index in [0.717, 1.165) is 0 Å². The average Bonchev–Trinajstić information content (AvgIpc) is 2.48. The fourth-order valence-corrected chi connectivity index (χ4v) is 3.59. The molecular weight excluding hydrogens is 292 g/mol. The van der Waals surface area contributed by atoms with Crippen molar-refractivity contribution in [2.24, 2.45) is 11.3 Å². The Bertz CT molecular complexity index is 512. The summed E-state index contributed by atoms with van der Waals surface area (Å²) in [6, 6.07) is 0. The van der Waals surface area contributed by atoms with Crippen molar-refractivity contribution < 1.29 is 33.7 Å². The topological polar surface area (TPSA) is 99.1 Å². The predicted octanol–water partition coefficient (Wildman–Crippen LogP) is 0.00230. The van der Waals surface area contributed by atoms with Crippen molar-refractivity contribution in [2.45, 2.75) is 38.1 Å². The van der Waals surface area contributed by atoms with Crippen LogP contribution in [0.3, 0.4) is 0 Å². The molecule has 0 heterocycles. The molecular formula is C15H20O7. The number of aliphatic hydroxyl groups is 1. The number of ketones is 1. The van der Waals surface area contributed by atoms with Gasteiger partial charge in [0, 0.05) is 32.8 Å². The lowest BCUT2D eigenvalue weighted by atomic mass is 9.57. The summed E-state index contributed by atoms with van der Waals surface area (Å²) >= 11 is 0. The van der Waals surface area contributed by atoms with Gasteiger partial charge in [-0.15, -0.1) is 0 Å². The zero-order chi connectivity index (χ0) is 16.5. The van der Waals surface area contributed by atoms with Gasteiger partial charge in [-0.05, 0) is 6.08 Å². The minimum absolute atomic E-state index is 0.000421. The van der Waals surface area contributed by atoms with E-state index in [2.05, 4.69) is 0 Å². The molecule has 0 radical (unpaired) electrons. The maximum atomic E-state index is 12.6. The lowest BCUT2D eigenvalue weighted by Gasteiger charge is -2.51. The molecule has 122 valence electrons. The van der Waals surface area contributed by atoms with E-state index in [9.17, 15) is 19.5 Å². The standard InChI is InChI=1S/C15H20O7/c1-8(16)22-12-5-4-11(18)10-6-9(17)7-13(20-2)15(10,12)14(19)21-3/h4-5,10-13,18H,6-7H2,1-3H3/t10-,11-,12+,13-,15+/m0/s1. The monoisotopic (exact) mass is 312 g/mol. The molecule has 7 heteroatoms. The van der Waals surface area contributed by atoms with Crippen molar-refractivity contribution in [1.29, 1.82) is 0 Å². The molecule has 2 rings (SSSR count).